The number of fused-ring (bicyclic) bond motifs is 1. The molecular weight excluding hydrogens is 491 g/mol. The number of rotatable bonds is 7. The highest BCUT2D eigenvalue weighted by Crippen LogP contribution is 2.37. The second-order valence-corrected chi connectivity index (χ2v) is 12.3. The maximum absolute atomic E-state index is 14.7. The van der Waals surface area contributed by atoms with E-state index < -0.39 is 22.6 Å². The molecule has 3 aromatic rings. The smallest absolute Gasteiger partial charge is 0.227 e. The first-order valence-corrected chi connectivity index (χ1v) is 14.5. The van der Waals surface area contributed by atoms with Gasteiger partial charge >= 0.3 is 0 Å². The zero-order valence-corrected chi connectivity index (χ0v) is 22.6. The van der Waals surface area contributed by atoms with E-state index in [0.29, 0.717) is 42.4 Å². The highest BCUT2D eigenvalue weighted by Gasteiger charge is 2.39. The summed E-state index contributed by atoms with van der Waals surface area (Å²) in [4.78, 5) is 17.7. The Bertz CT molecular complexity index is 1310. The number of alkyl halides is 1. The lowest BCUT2D eigenvalue weighted by Gasteiger charge is -2.41. The van der Waals surface area contributed by atoms with Gasteiger partial charge in [0.15, 0.2) is 5.67 Å². The second kappa shape index (κ2) is 10.1. The normalized spacial score (nSPS) is 23.4. The molecule has 2 fully saturated rings. The number of pyridine rings is 1. The molecule has 0 aliphatic carbocycles. The molecule has 2 aliphatic rings. The Kier molecular flexibility index (Phi) is 7.06. The molecule has 2 saturated heterocycles. The van der Waals surface area contributed by atoms with Gasteiger partial charge in [-0.15, -0.1) is 0 Å². The van der Waals surface area contributed by atoms with Crippen molar-refractivity contribution in [3.05, 3.63) is 42.2 Å². The zero-order chi connectivity index (χ0) is 26.3. The third-order valence-corrected chi connectivity index (χ3v) is 8.29. The predicted molar refractivity (Wildman–Crippen MR) is 148 cm³/mol. The second-order valence-electron chi connectivity index (χ2n) is 10.8. The lowest BCUT2D eigenvalue weighted by molar-refractivity contribution is -0.00860. The lowest BCUT2D eigenvalue weighted by Crippen LogP contribution is -2.52. The molecule has 0 bridgehead atoms. The van der Waals surface area contributed by atoms with Crippen LogP contribution in [0.3, 0.4) is 0 Å². The number of aliphatic hydroxyl groups excluding tert-OH is 1. The van der Waals surface area contributed by atoms with Gasteiger partial charge in [-0.25, -0.2) is 14.4 Å². The highest BCUT2D eigenvalue weighted by atomic mass is 32.2. The summed E-state index contributed by atoms with van der Waals surface area (Å²) in [6.07, 6.45) is 4.67. The molecule has 4 heterocycles. The fourth-order valence-corrected chi connectivity index (χ4v) is 6.18. The van der Waals surface area contributed by atoms with Crippen molar-refractivity contribution in [3.63, 3.8) is 0 Å². The van der Waals surface area contributed by atoms with E-state index in [2.05, 4.69) is 52.2 Å². The van der Waals surface area contributed by atoms with Gasteiger partial charge in [-0.05, 0) is 48.4 Å². The molecule has 198 valence electrons. The van der Waals surface area contributed by atoms with Crippen LogP contribution in [-0.2, 0) is 10.8 Å². The minimum Gasteiger partial charge on any atom is -0.390 e. The summed E-state index contributed by atoms with van der Waals surface area (Å²) in [6.45, 7) is 8.13. The van der Waals surface area contributed by atoms with Gasteiger partial charge in [0, 0.05) is 71.8 Å². The van der Waals surface area contributed by atoms with Crippen LogP contribution in [-0.4, -0.2) is 74.2 Å². The number of nitrogens with zero attached hydrogens (tertiary/aromatic N) is 5. The Morgan fingerprint density at radius 3 is 2.68 bits per heavy atom. The highest BCUT2D eigenvalue weighted by molar-refractivity contribution is 7.84. The van der Waals surface area contributed by atoms with E-state index in [0.717, 1.165) is 35.3 Å². The van der Waals surface area contributed by atoms with E-state index in [4.69, 9.17) is 4.98 Å². The largest absolute Gasteiger partial charge is 0.390 e. The van der Waals surface area contributed by atoms with Crippen LogP contribution in [0.25, 0.3) is 10.8 Å². The minimum absolute atomic E-state index is 0.0396. The molecule has 3 atom stereocenters. The number of hydrogen-bond donors (Lipinski definition) is 2. The first kappa shape index (κ1) is 25.8. The molecule has 2 aliphatic heterocycles. The molecule has 2 N–H and O–H groups in total. The van der Waals surface area contributed by atoms with Gasteiger partial charge in [0.1, 0.15) is 11.6 Å². The monoisotopic (exact) mass is 526 g/mol. The summed E-state index contributed by atoms with van der Waals surface area (Å²) in [6, 6.07) is 8.19. The topological polar surface area (TPSA) is 94.5 Å². The molecule has 10 heteroatoms. The number of aromatic nitrogens is 3. The number of benzene rings is 1. The molecular formula is C27H35FN6O2S. The summed E-state index contributed by atoms with van der Waals surface area (Å²) in [5.74, 6) is 3.21. The third kappa shape index (κ3) is 5.40. The van der Waals surface area contributed by atoms with Crippen molar-refractivity contribution < 1.29 is 13.7 Å². The molecule has 0 amide bonds. The van der Waals surface area contributed by atoms with Gasteiger partial charge in [-0.3, -0.25) is 4.21 Å². The van der Waals surface area contributed by atoms with Crippen LogP contribution in [0.2, 0.25) is 0 Å². The number of anilines is 4. The fraction of sp³-hybridized carbons (Fsp3) is 0.519. The average molecular weight is 527 g/mol. The molecule has 8 nitrogen and oxygen atoms in total. The summed E-state index contributed by atoms with van der Waals surface area (Å²) in [5.41, 5.74) is 0.691. The Morgan fingerprint density at radius 2 is 1.97 bits per heavy atom. The van der Waals surface area contributed by atoms with Crippen LogP contribution in [0.4, 0.5) is 27.7 Å². The van der Waals surface area contributed by atoms with Crippen molar-refractivity contribution >= 4 is 44.8 Å². The molecule has 0 spiro atoms. The number of piperidine rings is 1. The first-order valence-electron chi connectivity index (χ1n) is 12.8. The molecule has 2 aromatic heterocycles. The fourth-order valence-electron chi connectivity index (χ4n) is 5.31. The minimum atomic E-state index is -1.71. The van der Waals surface area contributed by atoms with Gasteiger partial charge in [0.2, 0.25) is 5.95 Å². The average Bonchev–Trinajstić information content (AvgIpc) is 2.82. The van der Waals surface area contributed by atoms with Crippen LogP contribution in [0.5, 0.6) is 0 Å². The SMILES string of the molecule is CC(C)c1ccc(N2CC(CS(C)=O)C2)c2cnc(Nc3ccnc(N4CC[C@@H](O)[C@](C)(F)C4)n3)cc12. The van der Waals surface area contributed by atoms with E-state index >= 15 is 0 Å². The van der Waals surface area contributed by atoms with Gasteiger partial charge in [0.25, 0.3) is 0 Å². The van der Waals surface area contributed by atoms with E-state index in [1.54, 1.807) is 23.4 Å². The standard InChI is InChI=1S/C27H35FN6O2S/c1-17(2)19-5-6-22(34-13-18(14-34)15-37(4)36)21-12-30-25(11-20(19)21)31-24-7-9-29-26(32-24)33-10-8-23(35)27(3,28)16-33/h5-7,9,11-12,17-18,23,35H,8,10,13-16H2,1-4H3,(H,29,30,31,32)/t23-,27-,37?/m1/s1. The Morgan fingerprint density at radius 1 is 1.19 bits per heavy atom. The molecule has 1 unspecified atom stereocenters. The molecule has 37 heavy (non-hydrogen) atoms. The number of halogens is 1. The van der Waals surface area contributed by atoms with Crippen LogP contribution in [0.1, 0.15) is 38.7 Å². The summed E-state index contributed by atoms with van der Waals surface area (Å²) >= 11 is 0. The zero-order valence-electron chi connectivity index (χ0n) is 21.8. The van der Waals surface area contributed by atoms with Crippen LogP contribution >= 0.6 is 0 Å². The van der Waals surface area contributed by atoms with Crippen LogP contribution in [0.15, 0.2) is 36.7 Å². The van der Waals surface area contributed by atoms with Crippen molar-refractivity contribution in [2.45, 2.75) is 44.9 Å². The van der Waals surface area contributed by atoms with E-state index in [1.165, 1.54) is 12.5 Å². The first-order chi connectivity index (χ1) is 17.6. The third-order valence-electron chi connectivity index (χ3n) is 7.35. The summed E-state index contributed by atoms with van der Waals surface area (Å²) < 4.78 is 26.3. The van der Waals surface area contributed by atoms with Gasteiger partial charge < -0.3 is 20.2 Å². The van der Waals surface area contributed by atoms with Gasteiger partial charge in [0.05, 0.1) is 12.6 Å². The number of nitrogens with one attached hydrogen (secondary N) is 1. The van der Waals surface area contributed by atoms with Crippen molar-refractivity contribution in [2.75, 3.05) is 53.3 Å². The maximum atomic E-state index is 14.7. The maximum Gasteiger partial charge on any atom is 0.227 e. The van der Waals surface area contributed by atoms with Crippen molar-refractivity contribution in [2.24, 2.45) is 5.92 Å². The van der Waals surface area contributed by atoms with Gasteiger partial charge in [-0.1, -0.05) is 19.9 Å². The van der Waals surface area contributed by atoms with Crippen LogP contribution < -0.4 is 15.1 Å². The predicted octanol–water partition coefficient (Wildman–Crippen LogP) is 4.01. The van der Waals surface area contributed by atoms with E-state index in [9.17, 15) is 13.7 Å². The summed E-state index contributed by atoms with van der Waals surface area (Å²) in [5, 5.41) is 15.5. The molecule has 0 radical (unpaired) electrons. The molecule has 5 rings (SSSR count). The van der Waals surface area contributed by atoms with Crippen molar-refractivity contribution in [1.82, 2.24) is 15.0 Å². The van der Waals surface area contributed by atoms with E-state index in [-0.39, 0.29) is 6.54 Å². The van der Waals surface area contributed by atoms with Crippen LogP contribution in [0, 0.1) is 5.92 Å². The summed E-state index contributed by atoms with van der Waals surface area (Å²) in [7, 11) is -0.775. The Balaban J connectivity index is 1.39. The Labute approximate surface area is 219 Å². The number of aliphatic hydroxyl groups is 1. The lowest BCUT2D eigenvalue weighted by atomic mass is 9.93. The molecule has 0 saturated carbocycles. The quantitative estimate of drug-likeness (QED) is 0.477. The Hall–Kier alpha value is -2.85. The van der Waals surface area contributed by atoms with Gasteiger partial charge in [-0.2, -0.15) is 4.98 Å². The van der Waals surface area contributed by atoms with Crippen molar-refractivity contribution in [3.8, 4) is 0 Å². The molecule has 1 aromatic carbocycles. The number of hydrogen-bond acceptors (Lipinski definition) is 8. The van der Waals surface area contributed by atoms with Crippen molar-refractivity contribution in [1.29, 1.82) is 0 Å². The van der Waals surface area contributed by atoms with E-state index in [1.807, 2.05) is 6.20 Å².